The number of anilines is 6. The predicted molar refractivity (Wildman–Crippen MR) is 205 cm³/mol. The van der Waals surface area contributed by atoms with E-state index >= 15 is 0 Å². The van der Waals surface area contributed by atoms with Gasteiger partial charge in [-0.15, -0.1) is 0 Å². The van der Waals surface area contributed by atoms with Crippen molar-refractivity contribution in [2.45, 2.75) is 0 Å². The SMILES string of the molecule is C=C(c1ccc(C(=C)c2ccccc2N(c2ccccc2)c2ccccc2)cc1)c1ccccc1N(c1ccccc1)c1ccccc1. The topological polar surface area (TPSA) is 6.48 Å². The summed E-state index contributed by atoms with van der Waals surface area (Å²) in [5, 5.41) is 0. The fraction of sp³-hybridized carbons (Fsp3) is 0. The van der Waals surface area contributed by atoms with Gasteiger partial charge >= 0.3 is 0 Å². The fourth-order valence-corrected chi connectivity index (χ4v) is 6.19. The molecule has 0 spiro atoms. The van der Waals surface area contributed by atoms with Crippen molar-refractivity contribution in [1.82, 2.24) is 0 Å². The van der Waals surface area contributed by atoms with Crippen molar-refractivity contribution in [1.29, 1.82) is 0 Å². The largest absolute Gasteiger partial charge is 0.310 e. The average Bonchev–Trinajstić information content (AvgIpc) is 3.17. The monoisotopic (exact) mass is 616 g/mol. The van der Waals surface area contributed by atoms with Crippen LogP contribution in [0.4, 0.5) is 34.1 Å². The van der Waals surface area contributed by atoms with Gasteiger partial charge in [0.15, 0.2) is 0 Å². The Kier molecular flexibility index (Phi) is 8.80. The highest BCUT2D eigenvalue weighted by Gasteiger charge is 2.19. The van der Waals surface area contributed by atoms with Crippen molar-refractivity contribution in [3.05, 3.63) is 230 Å². The molecule has 7 aromatic rings. The van der Waals surface area contributed by atoms with Gasteiger partial charge in [0, 0.05) is 33.9 Å². The third-order valence-corrected chi connectivity index (χ3v) is 8.58. The van der Waals surface area contributed by atoms with Gasteiger partial charge in [-0.1, -0.05) is 147 Å². The lowest BCUT2D eigenvalue weighted by Gasteiger charge is -2.28. The summed E-state index contributed by atoms with van der Waals surface area (Å²) in [6.07, 6.45) is 0. The molecule has 7 rings (SSSR count). The molecule has 2 heteroatoms. The van der Waals surface area contributed by atoms with Crippen LogP contribution in [0.1, 0.15) is 22.3 Å². The van der Waals surface area contributed by atoms with E-state index < -0.39 is 0 Å². The lowest BCUT2D eigenvalue weighted by Crippen LogP contribution is -2.12. The minimum Gasteiger partial charge on any atom is -0.310 e. The molecule has 0 aliphatic heterocycles. The second kappa shape index (κ2) is 13.9. The smallest absolute Gasteiger partial charge is 0.0540 e. The third-order valence-electron chi connectivity index (χ3n) is 8.58. The van der Waals surface area contributed by atoms with Gasteiger partial charge in [-0.2, -0.15) is 0 Å². The first-order chi connectivity index (χ1) is 23.7. The molecular formula is C46H36N2. The Bertz CT molecular complexity index is 1900. The second-order valence-corrected chi connectivity index (χ2v) is 11.6. The normalized spacial score (nSPS) is 10.7. The molecule has 0 saturated carbocycles. The summed E-state index contributed by atoms with van der Waals surface area (Å²) >= 11 is 0. The van der Waals surface area contributed by atoms with Gasteiger partial charge in [0.25, 0.3) is 0 Å². The van der Waals surface area contributed by atoms with Crippen molar-refractivity contribution in [3.63, 3.8) is 0 Å². The first-order valence-electron chi connectivity index (χ1n) is 16.2. The minimum absolute atomic E-state index is 0.958. The zero-order chi connectivity index (χ0) is 32.7. The van der Waals surface area contributed by atoms with Gasteiger partial charge in [-0.05, 0) is 82.9 Å². The van der Waals surface area contributed by atoms with E-state index in [1.165, 1.54) is 0 Å². The summed E-state index contributed by atoms with van der Waals surface area (Å²) in [6.45, 7) is 9.21. The van der Waals surface area contributed by atoms with Crippen molar-refractivity contribution in [2.75, 3.05) is 9.80 Å². The molecule has 0 bridgehead atoms. The fourth-order valence-electron chi connectivity index (χ4n) is 6.19. The number of benzene rings is 7. The molecular weight excluding hydrogens is 581 g/mol. The molecule has 0 fully saturated rings. The van der Waals surface area contributed by atoms with Gasteiger partial charge in [0.1, 0.15) is 0 Å². The van der Waals surface area contributed by atoms with Crippen molar-refractivity contribution < 1.29 is 0 Å². The Morgan fingerprint density at radius 1 is 0.292 bits per heavy atom. The molecule has 48 heavy (non-hydrogen) atoms. The Hall–Kier alpha value is -6.38. The van der Waals surface area contributed by atoms with Gasteiger partial charge < -0.3 is 9.80 Å². The molecule has 0 unspecified atom stereocenters. The Balaban J connectivity index is 1.22. The van der Waals surface area contributed by atoms with E-state index in [0.29, 0.717) is 0 Å². The summed E-state index contributed by atoms with van der Waals surface area (Å²) in [6, 6.07) is 67.5. The second-order valence-electron chi connectivity index (χ2n) is 11.6. The van der Waals surface area contributed by atoms with Gasteiger partial charge in [-0.3, -0.25) is 0 Å². The number of para-hydroxylation sites is 6. The summed E-state index contributed by atoms with van der Waals surface area (Å²) < 4.78 is 0. The lowest BCUT2D eigenvalue weighted by atomic mass is 9.93. The Labute approximate surface area is 283 Å². The quantitative estimate of drug-likeness (QED) is 0.151. The molecule has 0 N–H and O–H groups in total. The maximum absolute atomic E-state index is 4.61. The summed E-state index contributed by atoms with van der Waals surface area (Å²) in [4.78, 5) is 4.58. The van der Waals surface area contributed by atoms with Crippen LogP contribution in [0.15, 0.2) is 207 Å². The molecule has 0 heterocycles. The standard InChI is InChI=1S/C46H36N2/c1-35(43-27-15-17-29-45(43)47(39-19-7-3-8-20-39)40-21-9-4-10-22-40)37-31-33-38(34-32-37)36(2)44-28-16-18-30-46(44)48(41-23-11-5-12-24-41)42-25-13-6-14-26-42/h3-34H,1-2H2. The van der Waals surface area contributed by atoms with Crippen LogP contribution in [0.2, 0.25) is 0 Å². The zero-order valence-electron chi connectivity index (χ0n) is 26.8. The van der Waals surface area contributed by atoms with Gasteiger partial charge in [0.2, 0.25) is 0 Å². The molecule has 0 radical (unpaired) electrons. The third kappa shape index (κ3) is 6.20. The summed E-state index contributed by atoms with van der Waals surface area (Å²) in [7, 11) is 0. The highest BCUT2D eigenvalue weighted by Crippen LogP contribution is 2.42. The molecule has 0 aliphatic carbocycles. The highest BCUT2D eigenvalue weighted by molar-refractivity contribution is 5.93. The van der Waals surface area contributed by atoms with E-state index in [4.69, 9.17) is 0 Å². The van der Waals surface area contributed by atoms with E-state index in [1.54, 1.807) is 0 Å². The van der Waals surface area contributed by atoms with Gasteiger partial charge in [0.05, 0.1) is 11.4 Å². The number of rotatable bonds is 10. The maximum atomic E-state index is 4.61. The van der Waals surface area contributed by atoms with E-state index in [2.05, 4.69) is 193 Å². The molecule has 230 valence electrons. The minimum atomic E-state index is 0.958. The van der Waals surface area contributed by atoms with E-state index in [-0.39, 0.29) is 0 Å². The average molecular weight is 617 g/mol. The molecule has 0 aromatic heterocycles. The molecule has 0 aliphatic rings. The molecule has 0 atom stereocenters. The molecule has 7 aromatic carbocycles. The number of hydrogen-bond donors (Lipinski definition) is 0. The first kappa shape index (κ1) is 30.3. The van der Waals surface area contributed by atoms with Crippen LogP contribution < -0.4 is 9.80 Å². The van der Waals surface area contributed by atoms with Crippen LogP contribution >= 0.6 is 0 Å². The Morgan fingerprint density at radius 3 is 0.833 bits per heavy atom. The predicted octanol–water partition coefficient (Wildman–Crippen LogP) is 12.7. The van der Waals surface area contributed by atoms with Crippen LogP contribution in [-0.2, 0) is 0 Å². The van der Waals surface area contributed by atoms with Crippen LogP contribution in [0.5, 0.6) is 0 Å². The van der Waals surface area contributed by atoms with Crippen molar-refractivity contribution in [3.8, 4) is 0 Å². The zero-order valence-corrected chi connectivity index (χ0v) is 26.8. The van der Waals surface area contributed by atoms with Crippen molar-refractivity contribution in [2.24, 2.45) is 0 Å². The molecule has 0 saturated heterocycles. The maximum Gasteiger partial charge on any atom is 0.0540 e. The van der Waals surface area contributed by atoms with Crippen LogP contribution in [0.25, 0.3) is 11.1 Å². The van der Waals surface area contributed by atoms with Gasteiger partial charge in [-0.25, -0.2) is 0 Å². The summed E-state index contributed by atoms with van der Waals surface area (Å²) in [5.74, 6) is 0. The summed E-state index contributed by atoms with van der Waals surface area (Å²) in [5.41, 5.74) is 12.7. The molecule has 0 amide bonds. The highest BCUT2D eigenvalue weighted by atomic mass is 15.1. The van der Waals surface area contributed by atoms with Crippen LogP contribution in [0, 0.1) is 0 Å². The number of nitrogens with zero attached hydrogens (tertiary/aromatic N) is 2. The van der Waals surface area contributed by atoms with Crippen LogP contribution in [-0.4, -0.2) is 0 Å². The van der Waals surface area contributed by atoms with E-state index in [0.717, 1.165) is 67.5 Å². The lowest BCUT2D eigenvalue weighted by molar-refractivity contribution is 1.27. The first-order valence-corrected chi connectivity index (χ1v) is 16.2. The Morgan fingerprint density at radius 2 is 0.542 bits per heavy atom. The molecule has 2 nitrogen and oxygen atoms in total. The van der Waals surface area contributed by atoms with E-state index in [9.17, 15) is 0 Å². The van der Waals surface area contributed by atoms with Crippen LogP contribution in [0.3, 0.4) is 0 Å². The van der Waals surface area contributed by atoms with Crippen molar-refractivity contribution >= 4 is 45.3 Å². The number of hydrogen-bond acceptors (Lipinski definition) is 2. The van der Waals surface area contributed by atoms with E-state index in [1.807, 2.05) is 24.3 Å².